The lowest BCUT2D eigenvalue weighted by Gasteiger charge is -2.36. The number of piperidine rings is 1. The molecule has 0 radical (unpaired) electrons. The van der Waals surface area contributed by atoms with Gasteiger partial charge in [-0.2, -0.15) is 0 Å². The number of hydrogen-bond donors (Lipinski definition) is 1. The first-order chi connectivity index (χ1) is 11.1. The van der Waals surface area contributed by atoms with Crippen LogP contribution in [0.15, 0.2) is 30.3 Å². The quantitative estimate of drug-likeness (QED) is 0.922. The molecule has 23 heavy (non-hydrogen) atoms. The summed E-state index contributed by atoms with van der Waals surface area (Å²) < 4.78 is 0. The van der Waals surface area contributed by atoms with Crippen LogP contribution in [0.3, 0.4) is 0 Å². The maximum atomic E-state index is 12.9. The number of aliphatic carboxylic acids is 1. The molecule has 2 saturated heterocycles. The van der Waals surface area contributed by atoms with E-state index < -0.39 is 11.9 Å². The van der Waals surface area contributed by atoms with Crippen molar-refractivity contribution < 1.29 is 14.7 Å². The number of nitrogens with zero attached hydrogens (tertiary/aromatic N) is 2. The van der Waals surface area contributed by atoms with Crippen molar-refractivity contribution in [2.75, 3.05) is 19.6 Å². The number of amides is 1. The normalized spacial score (nSPS) is 25.5. The highest BCUT2D eigenvalue weighted by atomic mass is 16.4. The average molecular weight is 316 g/mol. The first kappa shape index (κ1) is 16.0. The number of carbonyl (C=O) groups excluding carboxylic acids is 1. The smallest absolute Gasteiger partial charge is 0.308 e. The van der Waals surface area contributed by atoms with Crippen LogP contribution in [0, 0.1) is 5.92 Å². The summed E-state index contributed by atoms with van der Waals surface area (Å²) >= 11 is 0. The predicted octanol–water partition coefficient (Wildman–Crippen LogP) is 1.97. The van der Waals surface area contributed by atoms with Crippen molar-refractivity contribution in [2.24, 2.45) is 5.92 Å². The molecule has 0 aromatic heterocycles. The highest BCUT2D eigenvalue weighted by Crippen LogP contribution is 2.24. The standard InChI is InChI=1S/C18H24N2O3/c21-17(20-11-9-15(13-20)18(22)23)16-8-4-5-10-19(16)12-14-6-2-1-3-7-14/h1-3,6-7,15-16H,4-5,8-13H2,(H,22,23)/t15-,16-/m0/s1. The Kier molecular flexibility index (Phi) is 4.96. The Hall–Kier alpha value is -1.88. The van der Waals surface area contributed by atoms with Gasteiger partial charge in [0, 0.05) is 19.6 Å². The van der Waals surface area contributed by atoms with Crippen molar-refractivity contribution in [1.29, 1.82) is 0 Å². The van der Waals surface area contributed by atoms with Gasteiger partial charge in [-0.05, 0) is 31.4 Å². The van der Waals surface area contributed by atoms with Gasteiger partial charge in [0.25, 0.3) is 0 Å². The Bertz CT molecular complexity index is 561. The van der Waals surface area contributed by atoms with Crippen molar-refractivity contribution in [1.82, 2.24) is 9.80 Å². The lowest BCUT2D eigenvalue weighted by atomic mass is 10.00. The molecule has 2 fully saturated rings. The molecule has 1 N–H and O–H groups in total. The Morgan fingerprint density at radius 3 is 2.57 bits per heavy atom. The van der Waals surface area contributed by atoms with Crippen LogP contribution >= 0.6 is 0 Å². The number of carboxylic acid groups (broad SMARTS) is 1. The molecular formula is C18H24N2O3. The molecule has 0 saturated carbocycles. The van der Waals surface area contributed by atoms with Crippen LogP contribution in [0.4, 0.5) is 0 Å². The summed E-state index contributed by atoms with van der Waals surface area (Å²) in [5.74, 6) is -1.07. The second-order valence-electron chi connectivity index (χ2n) is 6.58. The van der Waals surface area contributed by atoms with E-state index >= 15 is 0 Å². The average Bonchev–Trinajstić information content (AvgIpc) is 3.06. The molecule has 124 valence electrons. The molecule has 2 aliphatic heterocycles. The highest BCUT2D eigenvalue weighted by molar-refractivity contribution is 5.83. The molecule has 1 aromatic rings. The minimum Gasteiger partial charge on any atom is -0.481 e. The fraction of sp³-hybridized carbons (Fsp3) is 0.556. The fourth-order valence-electron chi connectivity index (χ4n) is 3.65. The molecule has 5 heteroatoms. The zero-order valence-electron chi connectivity index (χ0n) is 13.4. The van der Waals surface area contributed by atoms with Gasteiger partial charge in [-0.1, -0.05) is 36.8 Å². The van der Waals surface area contributed by atoms with Gasteiger partial charge < -0.3 is 10.0 Å². The van der Waals surface area contributed by atoms with E-state index in [0.717, 1.165) is 32.4 Å². The van der Waals surface area contributed by atoms with Crippen LogP contribution < -0.4 is 0 Å². The highest BCUT2D eigenvalue weighted by Gasteiger charge is 2.37. The molecule has 0 bridgehead atoms. The number of rotatable bonds is 4. The third-order valence-corrected chi connectivity index (χ3v) is 4.98. The summed E-state index contributed by atoms with van der Waals surface area (Å²) in [6.45, 7) is 2.66. The summed E-state index contributed by atoms with van der Waals surface area (Å²) in [5, 5.41) is 9.12. The maximum absolute atomic E-state index is 12.9. The zero-order chi connectivity index (χ0) is 16.2. The minimum atomic E-state index is -0.787. The molecule has 2 aliphatic rings. The minimum absolute atomic E-state index is 0.100. The Morgan fingerprint density at radius 1 is 1.09 bits per heavy atom. The largest absolute Gasteiger partial charge is 0.481 e. The molecule has 0 aliphatic carbocycles. The summed E-state index contributed by atoms with van der Waals surface area (Å²) in [6, 6.07) is 10.1. The van der Waals surface area contributed by atoms with Gasteiger partial charge in [0.05, 0.1) is 12.0 Å². The molecule has 2 atom stereocenters. The molecular weight excluding hydrogens is 292 g/mol. The van der Waals surface area contributed by atoms with Crippen molar-refractivity contribution in [3.63, 3.8) is 0 Å². The first-order valence-electron chi connectivity index (χ1n) is 8.44. The molecule has 0 unspecified atom stereocenters. The van der Waals surface area contributed by atoms with E-state index in [1.54, 1.807) is 4.90 Å². The SMILES string of the molecule is O=C(O)[C@H]1CCN(C(=O)[C@@H]2CCCCN2Cc2ccccc2)C1. The van der Waals surface area contributed by atoms with E-state index in [1.165, 1.54) is 5.56 Å². The van der Waals surface area contributed by atoms with E-state index in [0.29, 0.717) is 19.5 Å². The molecule has 1 aromatic carbocycles. The van der Waals surface area contributed by atoms with Gasteiger partial charge >= 0.3 is 5.97 Å². The number of carbonyl (C=O) groups is 2. The fourth-order valence-corrected chi connectivity index (χ4v) is 3.65. The second-order valence-corrected chi connectivity index (χ2v) is 6.58. The molecule has 0 spiro atoms. The number of hydrogen-bond acceptors (Lipinski definition) is 3. The lowest BCUT2D eigenvalue weighted by Crippen LogP contribution is -2.50. The maximum Gasteiger partial charge on any atom is 0.308 e. The van der Waals surface area contributed by atoms with Gasteiger partial charge in [0.15, 0.2) is 0 Å². The molecule has 5 nitrogen and oxygen atoms in total. The van der Waals surface area contributed by atoms with Gasteiger partial charge in [0.2, 0.25) is 5.91 Å². The van der Waals surface area contributed by atoms with Crippen LogP contribution in [0.5, 0.6) is 0 Å². The van der Waals surface area contributed by atoms with E-state index in [4.69, 9.17) is 5.11 Å². The third kappa shape index (κ3) is 3.72. The third-order valence-electron chi connectivity index (χ3n) is 4.98. The molecule has 1 amide bonds. The first-order valence-corrected chi connectivity index (χ1v) is 8.44. The summed E-state index contributed by atoms with van der Waals surface area (Å²) in [6.07, 6.45) is 3.64. The Morgan fingerprint density at radius 2 is 1.87 bits per heavy atom. The van der Waals surface area contributed by atoms with Crippen LogP contribution in [0.25, 0.3) is 0 Å². The van der Waals surface area contributed by atoms with Crippen molar-refractivity contribution in [2.45, 2.75) is 38.3 Å². The summed E-state index contributed by atoms with van der Waals surface area (Å²) in [4.78, 5) is 28.0. The van der Waals surface area contributed by atoms with Crippen molar-refractivity contribution >= 4 is 11.9 Å². The monoisotopic (exact) mass is 316 g/mol. The van der Waals surface area contributed by atoms with Gasteiger partial charge in [-0.25, -0.2) is 0 Å². The number of carboxylic acids is 1. The Balaban J connectivity index is 1.66. The predicted molar refractivity (Wildman–Crippen MR) is 86.8 cm³/mol. The van der Waals surface area contributed by atoms with Crippen LogP contribution in [0.2, 0.25) is 0 Å². The van der Waals surface area contributed by atoms with E-state index in [1.807, 2.05) is 18.2 Å². The van der Waals surface area contributed by atoms with Gasteiger partial charge in [-0.15, -0.1) is 0 Å². The van der Waals surface area contributed by atoms with E-state index in [-0.39, 0.29) is 11.9 Å². The number of benzene rings is 1. The molecule has 3 rings (SSSR count). The Labute approximate surface area is 136 Å². The van der Waals surface area contributed by atoms with Crippen molar-refractivity contribution in [3.8, 4) is 0 Å². The van der Waals surface area contributed by atoms with Gasteiger partial charge in [-0.3, -0.25) is 14.5 Å². The van der Waals surface area contributed by atoms with E-state index in [2.05, 4.69) is 17.0 Å². The zero-order valence-corrected chi connectivity index (χ0v) is 13.4. The number of likely N-dealkylation sites (tertiary alicyclic amines) is 2. The lowest BCUT2D eigenvalue weighted by molar-refractivity contribution is -0.142. The van der Waals surface area contributed by atoms with Crippen LogP contribution in [0.1, 0.15) is 31.2 Å². The van der Waals surface area contributed by atoms with Crippen LogP contribution in [-0.4, -0.2) is 52.5 Å². The van der Waals surface area contributed by atoms with Gasteiger partial charge in [0.1, 0.15) is 0 Å². The van der Waals surface area contributed by atoms with Crippen molar-refractivity contribution in [3.05, 3.63) is 35.9 Å². The second kappa shape index (κ2) is 7.13. The van der Waals surface area contributed by atoms with E-state index in [9.17, 15) is 9.59 Å². The topological polar surface area (TPSA) is 60.9 Å². The van der Waals surface area contributed by atoms with Crippen LogP contribution in [-0.2, 0) is 16.1 Å². The summed E-state index contributed by atoms with van der Waals surface area (Å²) in [5.41, 5.74) is 1.22. The molecule has 2 heterocycles. The summed E-state index contributed by atoms with van der Waals surface area (Å²) in [7, 11) is 0.